The highest BCUT2D eigenvalue weighted by molar-refractivity contribution is 7.89. The van der Waals surface area contributed by atoms with Gasteiger partial charge >= 0.3 is 0 Å². The van der Waals surface area contributed by atoms with Crippen LogP contribution in [0.15, 0.2) is 27.5 Å². The Balaban J connectivity index is 1.46. The zero-order valence-corrected chi connectivity index (χ0v) is 18.7. The van der Waals surface area contributed by atoms with E-state index >= 15 is 0 Å². The molecule has 30 heavy (non-hydrogen) atoms. The van der Waals surface area contributed by atoms with Gasteiger partial charge in [0.1, 0.15) is 5.76 Å². The number of hydrogen-bond donors (Lipinski definition) is 0. The van der Waals surface area contributed by atoms with Crippen LogP contribution in [0.4, 0.5) is 0 Å². The Kier molecular flexibility index (Phi) is 5.72. The molecular formula is C22H29N3O4S. The molecular weight excluding hydrogens is 402 g/mol. The molecule has 0 aliphatic carbocycles. The number of aromatic nitrogens is 1. The van der Waals surface area contributed by atoms with Gasteiger partial charge in [-0.2, -0.15) is 4.31 Å². The SMILES string of the molecule is Cc1cc(C)cc(S(=O)(=O)N2CCC(c3nc(C(=O)N4CCCC4)c(C)o3)CC2)c1. The molecule has 0 spiro atoms. The first-order valence-electron chi connectivity index (χ1n) is 10.6. The Bertz CT molecular complexity index is 1030. The standard InChI is InChI=1S/C22H29N3O4S/c1-15-12-16(2)14-19(13-15)30(27,28)25-10-6-18(7-11-25)21-23-20(17(3)29-21)22(26)24-8-4-5-9-24/h12-14,18H,4-11H2,1-3H3. The molecule has 0 radical (unpaired) electrons. The molecule has 2 aliphatic heterocycles. The van der Waals surface area contributed by atoms with E-state index in [1.165, 1.54) is 0 Å². The van der Waals surface area contributed by atoms with E-state index in [0.29, 0.717) is 48.2 Å². The van der Waals surface area contributed by atoms with Crippen LogP contribution in [0.1, 0.15) is 64.9 Å². The molecule has 0 bridgehead atoms. The van der Waals surface area contributed by atoms with Crippen molar-refractivity contribution < 1.29 is 17.6 Å². The lowest BCUT2D eigenvalue weighted by Crippen LogP contribution is -2.38. The Labute approximate surface area is 178 Å². The van der Waals surface area contributed by atoms with E-state index < -0.39 is 10.0 Å². The van der Waals surface area contributed by atoms with Crippen molar-refractivity contribution in [2.24, 2.45) is 0 Å². The molecule has 0 unspecified atom stereocenters. The number of amides is 1. The topological polar surface area (TPSA) is 83.7 Å². The van der Waals surface area contributed by atoms with Gasteiger partial charge in [0.25, 0.3) is 5.91 Å². The Morgan fingerprint density at radius 1 is 1.00 bits per heavy atom. The lowest BCUT2D eigenvalue weighted by atomic mass is 9.98. The first kappa shape index (κ1) is 21.1. The summed E-state index contributed by atoms with van der Waals surface area (Å²) < 4.78 is 33.5. The van der Waals surface area contributed by atoms with E-state index in [4.69, 9.17) is 4.42 Å². The van der Waals surface area contributed by atoms with Crippen LogP contribution in [0, 0.1) is 20.8 Å². The van der Waals surface area contributed by atoms with Gasteiger partial charge in [-0.05, 0) is 69.7 Å². The summed E-state index contributed by atoms with van der Waals surface area (Å²) in [5.74, 6) is 1.06. The highest BCUT2D eigenvalue weighted by Crippen LogP contribution is 2.32. The summed E-state index contributed by atoms with van der Waals surface area (Å²) >= 11 is 0. The number of aryl methyl sites for hydroxylation is 3. The Hall–Kier alpha value is -2.19. The molecule has 2 saturated heterocycles. The monoisotopic (exact) mass is 431 g/mol. The average molecular weight is 432 g/mol. The average Bonchev–Trinajstić information content (AvgIpc) is 3.37. The van der Waals surface area contributed by atoms with Crippen molar-refractivity contribution in [2.75, 3.05) is 26.2 Å². The predicted octanol–water partition coefficient (Wildman–Crippen LogP) is 3.40. The van der Waals surface area contributed by atoms with Gasteiger partial charge in [-0.25, -0.2) is 13.4 Å². The van der Waals surface area contributed by atoms with Crippen LogP contribution in [-0.2, 0) is 10.0 Å². The van der Waals surface area contributed by atoms with Crippen LogP contribution in [0.2, 0.25) is 0 Å². The second kappa shape index (κ2) is 8.15. The number of oxazole rings is 1. The Morgan fingerprint density at radius 3 is 2.20 bits per heavy atom. The minimum Gasteiger partial charge on any atom is -0.445 e. The number of likely N-dealkylation sites (tertiary alicyclic amines) is 1. The predicted molar refractivity (Wildman–Crippen MR) is 113 cm³/mol. The number of carbonyl (C=O) groups is 1. The number of benzene rings is 1. The number of hydrogen-bond acceptors (Lipinski definition) is 5. The maximum Gasteiger partial charge on any atom is 0.276 e. The van der Waals surface area contributed by atoms with Crippen LogP contribution < -0.4 is 0 Å². The fraction of sp³-hybridized carbons (Fsp3) is 0.545. The van der Waals surface area contributed by atoms with E-state index in [1.807, 2.05) is 24.8 Å². The van der Waals surface area contributed by atoms with Gasteiger partial charge in [-0.3, -0.25) is 4.79 Å². The zero-order chi connectivity index (χ0) is 21.5. The summed E-state index contributed by atoms with van der Waals surface area (Å²) in [6, 6.07) is 5.42. The van der Waals surface area contributed by atoms with Crippen LogP contribution in [0.5, 0.6) is 0 Å². The molecule has 1 aromatic heterocycles. The summed E-state index contributed by atoms with van der Waals surface area (Å²) in [4.78, 5) is 19.4. The van der Waals surface area contributed by atoms with Crippen molar-refractivity contribution >= 4 is 15.9 Å². The molecule has 0 N–H and O–H groups in total. The van der Waals surface area contributed by atoms with E-state index in [9.17, 15) is 13.2 Å². The molecule has 3 heterocycles. The minimum atomic E-state index is -3.52. The van der Waals surface area contributed by atoms with E-state index in [0.717, 1.165) is 37.1 Å². The third-order valence-corrected chi connectivity index (χ3v) is 7.92. The van der Waals surface area contributed by atoms with Gasteiger partial charge < -0.3 is 9.32 Å². The summed E-state index contributed by atoms with van der Waals surface area (Å²) in [5.41, 5.74) is 2.28. The van der Waals surface area contributed by atoms with E-state index in [2.05, 4.69) is 4.98 Å². The lowest BCUT2D eigenvalue weighted by molar-refractivity contribution is 0.0786. The van der Waals surface area contributed by atoms with Gasteiger partial charge in [0.05, 0.1) is 4.90 Å². The highest BCUT2D eigenvalue weighted by Gasteiger charge is 2.33. The van der Waals surface area contributed by atoms with E-state index in [-0.39, 0.29) is 11.8 Å². The first-order chi connectivity index (χ1) is 14.3. The second-order valence-corrected chi connectivity index (χ2v) is 10.4. The fourth-order valence-corrected chi connectivity index (χ4v) is 6.09. The molecule has 4 rings (SSSR count). The van der Waals surface area contributed by atoms with Crippen molar-refractivity contribution in [1.29, 1.82) is 0 Å². The molecule has 1 aromatic carbocycles. The third kappa shape index (κ3) is 4.03. The third-order valence-electron chi connectivity index (χ3n) is 6.05. The summed E-state index contributed by atoms with van der Waals surface area (Å²) in [6.45, 7) is 7.96. The number of rotatable bonds is 4. The maximum atomic E-state index is 13.1. The zero-order valence-electron chi connectivity index (χ0n) is 17.8. The minimum absolute atomic E-state index is 0.0227. The smallest absolute Gasteiger partial charge is 0.276 e. The van der Waals surface area contributed by atoms with Crippen molar-refractivity contribution in [2.45, 2.75) is 57.3 Å². The quantitative estimate of drug-likeness (QED) is 0.741. The molecule has 0 saturated carbocycles. The van der Waals surface area contributed by atoms with Gasteiger partial charge in [-0.15, -0.1) is 0 Å². The van der Waals surface area contributed by atoms with Crippen LogP contribution in [0.3, 0.4) is 0 Å². The molecule has 2 aliphatic rings. The molecule has 2 fully saturated rings. The maximum absolute atomic E-state index is 13.1. The molecule has 1 amide bonds. The molecule has 8 heteroatoms. The van der Waals surface area contributed by atoms with Gasteiger partial charge in [0, 0.05) is 32.1 Å². The normalized spacial score (nSPS) is 18.8. The summed E-state index contributed by atoms with van der Waals surface area (Å²) in [5, 5.41) is 0. The molecule has 0 atom stereocenters. The largest absolute Gasteiger partial charge is 0.445 e. The number of nitrogens with zero attached hydrogens (tertiary/aromatic N) is 3. The van der Waals surface area contributed by atoms with Crippen molar-refractivity contribution in [3.63, 3.8) is 0 Å². The van der Waals surface area contributed by atoms with Crippen LogP contribution in [-0.4, -0.2) is 54.7 Å². The number of sulfonamides is 1. The summed E-state index contributed by atoms with van der Waals surface area (Å²) in [6.07, 6.45) is 3.31. The van der Waals surface area contributed by atoms with Gasteiger partial charge in [0.15, 0.2) is 11.6 Å². The molecule has 2 aromatic rings. The van der Waals surface area contributed by atoms with Crippen molar-refractivity contribution in [1.82, 2.24) is 14.2 Å². The highest BCUT2D eigenvalue weighted by atomic mass is 32.2. The molecule has 162 valence electrons. The van der Waals surface area contributed by atoms with E-state index in [1.54, 1.807) is 23.4 Å². The van der Waals surface area contributed by atoms with Crippen LogP contribution >= 0.6 is 0 Å². The lowest BCUT2D eigenvalue weighted by Gasteiger charge is -2.30. The second-order valence-electron chi connectivity index (χ2n) is 8.46. The number of carbonyl (C=O) groups excluding carboxylic acids is 1. The molecule has 7 nitrogen and oxygen atoms in total. The van der Waals surface area contributed by atoms with Crippen molar-refractivity contribution in [3.8, 4) is 0 Å². The van der Waals surface area contributed by atoms with Gasteiger partial charge in [-0.1, -0.05) is 6.07 Å². The fourth-order valence-electron chi connectivity index (χ4n) is 4.43. The number of piperidine rings is 1. The Morgan fingerprint density at radius 2 is 1.60 bits per heavy atom. The van der Waals surface area contributed by atoms with Crippen LogP contribution in [0.25, 0.3) is 0 Å². The summed E-state index contributed by atoms with van der Waals surface area (Å²) in [7, 11) is -3.52. The first-order valence-corrected chi connectivity index (χ1v) is 12.0. The van der Waals surface area contributed by atoms with Crippen molar-refractivity contribution in [3.05, 3.63) is 46.7 Å². The van der Waals surface area contributed by atoms with Gasteiger partial charge in [0.2, 0.25) is 10.0 Å².